The quantitative estimate of drug-likeness (QED) is 0.298. The molecule has 2 aromatic carbocycles. The number of amides is 1. The SMILES string of the molecule is CC(C)OC(=O)CCN(Oc1ccccc1CCNC(=O)OCc1ccccc1)[PH+]=O. The summed E-state index contributed by atoms with van der Waals surface area (Å²) in [5.74, 6) is 0.121. The van der Waals surface area contributed by atoms with Gasteiger partial charge >= 0.3 is 20.7 Å². The van der Waals surface area contributed by atoms with Crippen molar-refractivity contribution in [1.29, 1.82) is 0 Å². The van der Waals surface area contributed by atoms with Crippen LogP contribution in [0.3, 0.4) is 0 Å². The van der Waals surface area contributed by atoms with Gasteiger partial charge in [-0.05, 0) is 42.0 Å². The Morgan fingerprint density at radius 3 is 2.48 bits per heavy atom. The molecular formula is C22H28N2O6P+. The minimum Gasteiger partial charge on any atom is -0.463 e. The van der Waals surface area contributed by atoms with E-state index in [1.165, 1.54) is 4.83 Å². The molecule has 0 aromatic heterocycles. The molecule has 31 heavy (non-hydrogen) atoms. The van der Waals surface area contributed by atoms with Gasteiger partial charge in [0.05, 0.1) is 23.9 Å². The van der Waals surface area contributed by atoms with Crippen LogP contribution in [0.15, 0.2) is 54.6 Å². The van der Waals surface area contributed by atoms with E-state index >= 15 is 0 Å². The van der Waals surface area contributed by atoms with Crippen LogP contribution in [0, 0.1) is 0 Å². The van der Waals surface area contributed by atoms with E-state index in [0.29, 0.717) is 18.7 Å². The zero-order valence-corrected chi connectivity index (χ0v) is 18.7. The first-order chi connectivity index (χ1) is 15.0. The zero-order chi connectivity index (χ0) is 22.5. The van der Waals surface area contributed by atoms with Crippen LogP contribution in [0.5, 0.6) is 5.75 Å². The maximum atomic E-state index is 11.9. The first-order valence-electron chi connectivity index (χ1n) is 10.0. The van der Waals surface area contributed by atoms with E-state index in [2.05, 4.69) is 5.32 Å². The number of rotatable bonds is 12. The minimum atomic E-state index is -0.886. The average Bonchev–Trinajstić information content (AvgIpc) is 2.76. The first-order valence-corrected chi connectivity index (χ1v) is 10.9. The lowest BCUT2D eigenvalue weighted by Gasteiger charge is -2.14. The molecule has 0 spiro atoms. The van der Waals surface area contributed by atoms with E-state index in [0.717, 1.165) is 11.1 Å². The van der Waals surface area contributed by atoms with Gasteiger partial charge in [0.2, 0.25) is 0 Å². The molecule has 0 bridgehead atoms. The fourth-order valence-electron chi connectivity index (χ4n) is 2.62. The van der Waals surface area contributed by atoms with Gasteiger partial charge in [-0.3, -0.25) is 4.79 Å². The highest BCUT2D eigenvalue weighted by atomic mass is 31.1. The second kappa shape index (κ2) is 13.4. The van der Waals surface area contributed by atoms with Crippen LogP contribution >= 0.6 is 8.61 Å². The number of para-hydroxylation sites is 1. The predicted octanol–water partition coefficient (Wildman–Crippen LogP) is 4.03. The molecule has 8 nitrogen and oxygen atoms in total. The lowest BCUT2D eigenvalue weighted by Crippen LogP contribution is -2.27. The number of hydroxylamine groups is 1. The van der Waals surface area contributed by atoms with Crippen LogP contribution in [0.25, 0.3) is 0 Å². The van der Waals surface area contributed by atoms with Gasteiger partial charge < -0.3 is 19.6 Å². The highest BCUT2D eigenvalue weighted by Crippen LogP contribution is 2.22. The van der Waals surface area contributed by atoms with Gasteiger partial charge in [-0.2, -0.15) is 0 Å². The molecular weight excluding hydrogens is 419 g/mol. The van der Waals surface area contributed by atoms with Crippen LogP contribution in [0.2, 0.25) is 0 Å². The molecule has 0 heterocycles. The smallest absolute Gasteiger partial charge is 0.456 e. The number of carbonyl (C=O) groups excluding carboxylic acids is 2. The molecule has 0 fully saturated rings. The fourth-order valence-corrected chi connectivity index (χ4v) is 2.95. The summed E-state index contributed by atoms with van der Waals surface area (Å²) in [5, 5.41) is 2.70. The van der Waals surface area contributed by atoms with Gasteiger partial charge in [-0.25, -0.2) is 4.79 Å². The maximum absolute atomic E-state index is 11.9. The van der Waals surface area contributed by atoms with Crippen LogP contribution < -0.4 is 10.2 Å². The summed E-state index contributed by atoms with van der Waals surface area (Å²) in [6.45, 7) is 4.21. The van der Waals surface area contributed by atoms with Gasteiger partial charge in [0.25, 0.3) is 0 Å². The van der Waals surface area contributed by atoms with Crippen molar-refractivity contribution < 1.29 is 28.5 Å². The molecule has 1 amide bonds. The van der Waals surface area contributed by atoms with E-state index in [9.17, 15) is 14.2 Å². The Morgan fingerprint density at radius 1 is 1.06 bits per heavy atom. The number of nitrogens with zero attached hydrogens (tertiary/aromatic N) is 1. The molecule has 9 heteroatoms. The van der Waals surface area contributed by atoms with Gasteiger partial charge in [0.15, 0.2) is 5.75 Å². The van der Waals surface area contributed by atoms with Crippen molar-refractivity contribution in [2.75, 3.05) is 13.1 Å². The van der Waals surface area contributed by atoms with E-state index < -0.39 is 14.7 Å². The number of hydrogen-bond acceptors (Lipinski definition) is 6. The van der Waals surface area contributed by atoms with Crippen LogP contribution in [0.1, 0.15) is 31.4 Å². The largest absolute Gasteiger partial charge is 0.463 e. The third-order valence-corrected chi connectivity index (χ3v) is 4.56. The summed E-state index contributed by atoms with van der Waals surface area (Å²) < 4.78 is 21.7. The Labute approximate surface area is 183 Å². The molecule has 0 aliphatic carbocycles. The molecule has 0 saturated heterocycles. The second-order valence-corrected chi connectivity index (χ2v) is 7.60. The average molecular weight is 447 g/mol. The predicted molar refractivity (Wildman–Crippen MR) is 117 cm³/mol. The summed E-state index contributed by atoms with van der Waals surface area (Å²) in [6, 6.07) is 16.7. The lowest BCUT2D eigenvalue weighted by molar-refractivity contribution is -0.148. The minimum absolute atomic E-state index is 0.0599. The summed E-state index contributed by atoms with van der Waals surface area (Å²) in [4.78, 5) is 30.5. The monoisotopic (exact) mass is 447 g/mol. The lowest BCUT2D eigenvalue weighted by atomic mass is 10.1. The number of hydrogen-bond donors (Lipinski definition) is 1. The van der Waals surface area contributed by atoms with E-state index in [1.807, 2.05) is 42.5 Å². The van der Waals surface area contributed by atoms with Crippen molar-refractivity contribution in [3.05, 3.63) is 65.7 Å². The Kier molecular flexibility index (Phi) is 10.5. The topological polar surface area (TPSA) is 94.2 Å². The van der Waals surface area contributed by atoms with Gasteiger partial charge in [0.1, 0.15) is 6.61 Å². The van der Waals surface area contributed by atoms with Crippen LogP contribution in [-0.2, 0) is 31.9 Å². The zero-order valence-electron chi connectivity index (χ0n) is 17.7. The maximum Gasteiger partial charge on any atom is 0.456 e. The Bertz CT molecular complexity index is 847. The van der Waals surface area contributed by atoms with Crippen molar-refractivity contribution in [2.24, 2.45) is 0 Å². The number of carbonyl (C=O) groups is 2. The van der Waals surface area contributed by atoms with Crippen molar-refractivity contribution in [1.82, 2.24) is 10.2 Å². The summed E-state index contributed by atoms with van der Waals surface area (Å²) >= 11 is 0. The highest BCUT2D eigenvalue weighted by molar-refractivity contribution is 7.20. The molecule has 1 unspecified atom stereocenters. The fraction of sp³-hybridized carbons (Fsp3) is 0.364. The third-order valence-electron chi connectivity index (χ3n) is 4.05. The third kappa shape index (κ3) is 9.59. The number of alkyl carbamates (subject to hydrolysis) is 1. The summed E-state index contributed by atoms with van der Waals surface area (Å²) in [7, 11) is -0.886. The molecule has 1 N–H and O–H groups in total. The molecule has 1 atom stereocenters. The number of esters is 1. The van der Waals surface area contributed by atoms with Crippen LogP contribution in [0.4, 0.5) is 4.79 Å². The molecule has 2 aromatic rings. The van der Waals surface area contributed by atoms with Crippen molar-refractivity contribution in [3.63, 3.8) is 0 Å². The normalized spacial score (nSPS) is 10.8. The molecule has 0 aliphatic rings. The molecule has 0 saturated carbocycles. The highest BCUT2D eigenvalue weighted by Gasteiger charge is 2.19. The Morgan fingerprint density at radius 2 is 1.77 bits per heavy atom. The van der Waals surface area contributed by atoms with E-state index in [4.69, 9.17) is 14.3 Å². The summed E-state index contributed by atoms with van der Waals surface area (Å²) in [6.07, 6.45) is -0.163. The van der Waals surface area contributed by atoms with Gasteiger partial charge in [0, 0.05) is 6.54 Å². The molecule has 2 rings (SSSR count). The number of ether oxygens (including phenoxy) is 2. The van der Waals surface area contributed by atoms with Gasteiger partial charge in [-0.15, -0.1) is 0 Å². The number of benzene rings is 2. The van der Waals surface area contributed by atoms with E-state index in [-0.39, 0.29) is 31.6 Å². The van der Waals surface area contributed by atoms with Crippen molar-refractivity contribution >= 4 is 20.7 Å². The molecule has 0 radical (unpaired) electrons. The molecule has 166 valence electrons. The van der Waals surface area contributed by atoms with Crippen molar-refractivity contribution in [2.45, 2.75) is 39.4 Å². The number of nitrogens with one attached hydrogen (secondary N) is 1. The van der Waals surface area contributed by atoms with Gasteiger partial charge in [-0.1, -0.05) is 48.5 Å². The first kappa shape index (κ1) is 24.3. The standard InChI is InChI=1S/C22H27N2O6P/c1-17(2)29-21(25)13-15-24(31-27)30-20-11-7-6-10-19(20)12-14-23-22(26)28-16-18-8-4-3-5-9-18/h3-11,17H,12-16H2,1-2H3,(H,23,26)/p+1. The Balaban J connectivity index is 1.80. The second-order valence-electron chi connectivity index (χ2n) is 6.92. The molecule has 0 aliphatic heterocycles. The Hall–Kier alpha value is -2.96. The van der Waals surface area contributed by atoms with Crippen molar-refractivity contribution in [3.8, 4) is 5.75 Å². The van der Waals surface area contributed by atoms with Crippen LogP contribution in [-0.4, -0.2) is 36.1 Å². The van der Waals surface area contributed by atoms with E-state index in [1.54, 1.807) is 26.0 Å². The summed E-state index contributed by atoms with van der Waals surface area (Å²) in [5.41, 5.74) is 1.73.